The second-order valence-electron chi connectivity index (χ2n) is 4.59. The summed E-state index contributed by atoms with van der Waals surface area (Å²) in [6, 6.07) is 14.7. The zero-order chi connectivity index (χ0) is 14.5. The van der Waals surface area contributed by atoms with Gasteiger partial charge in [-0.2, -0.15) is 0 Å². The maximum Gasteiger partial charge on any atom is 0.254 e. The quantitative estimate of drug-likeness (QED) is 0.869. The predicted octanol–water partition coefficient (Wildman–Crippen LogP) is 2.55. The molecule has 1 amide bonds. The number of nitrogens with two attached hydrogens (primary N) is 1. The van der Waals surface area contributed by atoms with Crippen LogP contribution in [0.2, 0.25) is 0 Å². The number of amides is 1. The van der Waals surface area contributed by atoms with Crippen LogP contribution in [-0.2, 0) is 6.54 Å². The van der Waals surface area contributed by atoms with Gasteiger partial charge in [0.2, 0.25) is 0 Å². The molecule has 0 fully saturated rings. The molecular formula is C16H18N2O2. The molecule has 0 aliphatic carbocycles. The smallest absolute Gasteiger partial charge is 0.254 e. The van der Waals surface area contributed by atoms with Crippen LogP contribution in [0.4, 0.5) is 5.69 Å². The number of hydrogen-bond acceptors (Lipinski definition) is 3. The van der Waals surface area contributed by atoms with Crippen molar-refractivity contribution in [1.82, 2.24) is 4.90 Å². The van der Waals surface area contributed by atoms with E-state index in [1.54, 1.807) is 37.3 Å². The average molecular weight is 270 g/mol. The SMILES string of the molecule is COc1cccc(C(=O)N(C)Cc2ccccc2N)c1. The summed E-state index contributed by atoms with van der Waals surface area (Å²) in [6.45, 7) is 0.475. The van der Waals surface area contributed by atoms with Gasteiger partial charge in [0.15, 0.2) is 0 Å². The number of benzene rings is 2. The van der Waals surface area contributed by atoms with E-state index in [-0.39, 0.29) is 5.91 Å². The molecule has 4 heteroatoms. The molecule has 0 saturated carbocycles. The monoisotopic (exact) mass is 270 g/mol. The fourth-order valence-corrected chi connectivity index (χ4v) is 1.98. The molecule has 0 saturated heterocycles. The minimum atomic E-state index is -0.0628. The number of anilines is 1. The maximum absolute atomic E-state index is 12.4. The maximum atomic E-state index is 12.4. The van der Waals surface area contributed by atoms with Crippen LogP contribution in [0.3, 0.4) is 0 Å². The van der Waals surface area contributed by atoms with Gasteiger partial charge in [0, 0.05) is 24.8 Å². The first kappa shape index (κ1) is 13.9. The summed E-state index contributed by atoms with van der Waals surface area (Å²) >= 11 is 0. The van der Waals surface area contributed by atoms with Gasteiger partial charge >= 0.3 is 0 Å². The molecule has 104 valence electrons. The Morgan fingerprint density at radius 1 is 1.20 bits per heavy atom. The van der Waals surface area contributed by atoms with E-state index in [2.05, 4.69) is 0 Å². The third-order valence-electron chi connectivity index (χ3n) is 3.13. The minimum absolute atomic E-state index is 0.0628. The summed E-state index contributed by atoms with van der Waals surface area (Å²) in [5.74, 6) is 0.607. The molecule has 0 heterocycles. The number of nitrogen functional groups attached to an aromatic ring is 1. The summed E-state index contributed by atoms with van der Waals surface area (Å²) in [5, 5.41) is 0. The molecule has 0 radical (unpaired) electrons. The molecule has 0 bridgehead atoms. The molecule has 2 aromatic rings. The second-order valence-corrected chi connectivity index (χ2v) is 4.59. The molecule has 0 unspecified atom stereocenters. The topological polar surface area (TPSA) is 55.6 Å². The first-order chi connectivity index (χ1) is 9.61. The van der Waals surface area contributed by atoms with Gasteiger partial charge in [-0.3, -0.25) is 4.79 Å². The molecular weight excluding hydrogens is 252 g/mol. The molecule has 2 N–H and O–H groups in total. The third-order valence-corrected chi connectivity index (χ3v) is 3.13. The number of rotatable bonds is 4. The summed E-state index contributed by atoms with van der Waals surface area (Å²) in [7, 11) is 3.34. The molecule has 0 aromatic heterocycles. The highest BCUT2D eigenvalue weighted by atomic mass is 16.5. The van der Waals surface area contributed by atoms with Crippen LogP contribution >= 0.6 is 0 Å². The lowest BCUT2D eigenvalue weighted by molar-refractivity contribution is 0.0785. The molecule has 0 atom stereocenters. The van der Waals surface area contributed by atoms with Crippen molar-refractivity contribution in [2.24, 2.45) is 0 Å². The first-order valence-electron chi connectivity index (χ1n) is 6.34. The van der Waals surface area contributed by atoms with Crippen molar-refractivity contribution in [3.63, 3.8) is 0 Å². The van der Waals surface area contributed by atoms with Crippen molar-refractivity contribution in [2.75, 3.05) is 19.9 Å². The zero-order valence-electron chi connectivity index (χ0n) is 11.7. The highest BCUT2D eigenvalue weighted by molar-refractivity contribution is 5.94. The Bertz CT molecular complexity index is 611. The lowest BCUT2D eigenvalue weighted by Gasteiger charge is -2.18. The predicted molar refractivity (Wildman–Crippen MR) is 79.6 cm³/mol. The number of ether oxygens (including phenoxy) is 1. The molecule has 20 heavy (non-hydrogen) atoms. The molecule has 4 nitrogen and oxygen atoms in total. The van der Waals surface area contributed by atoms with Gasteiger partial charge in [-0.05, 0) is 29.8 Å². The van der Waals surface area contributed by atoms with Crippen molar-refractivity contribution >= 4 is 11.6 Å². The minimum Gasteiger partial charge on any atom is -0.497 e. The molecule has 2 rings (SSSR count). The van der Waals surface area contributed by atoms with Gasteiger partial charge < -0.3 is 15.4 Å². The lowest BCUT2D eigenvalue weighted by Crippen LogP contribution is -2.26. The average Bonchev–Trinajstić information content (AvgIpc) is 2.48. The van der Waals surface area contributed by atoms with Crippen LogP contribution < -0.4 is 10.5 Å². The van der Waals surface area contributed by atoms with E-state index in [0.29, 0.717) is 23.5 Å². The second kappa shape index (κ2) is 6.10. The van der Waals surface area contributed by atoms with E-state index in [1.807, 2.05) is 30.3 Å². The van der Waals surface area contributed by atoms with Gasteiger partial charge in [-0.1, -0.05) is 24.3 Å². The number of carbonyl (C=O) groups is 1. The molecule has 0 spiro atoms. The van der Waals surface area contributed by atoms with E-state index in [4.69, 9.17) is 10.5 Å². The summed E-state index contributed by atoms with van der Waals surface area (Å²) < 4.78 is 5.13. The largest absolute Gasteiger partial charge is 0.497 e. The van der Waals surface area contributed by atoms with Crippen LogP contribution in [0.1, 0.15) is 15.9 Å². The van der Waals surface area contributed by atoms with Crippen LogP contribution in [0.5, 0.6) is 5.75 Å². The van der Waals surface area contributed by atoms with Crippen LogP contribution in [0.15, 0.2) is 48.5 Å². The van der Waals surface area contributed by atoms with Gasteiger partial charge in [-0.15, -0.1) is 0 Å². The number of para-hydroxylation sites is 1. The number of nitrogens with zero attached hydrogens (tertiary/aromatic N) is 1. The molecule has 2 aromatic carbocycles. The number of hydrogen-bond donors (Lipinski definition) is 1. The van der Waals surface area contributed by atoms with E-state index < -0.39 is 0 Å². The molecule has 0 aliphatic rings. The Morgan fingerprint density at radius 3 is 2.65 bits per heavy atom. The van der Waals surface area contributed by atoms with Crippen LogP contribution in [0, 0.1) is 0 Å². The highest BCUT2D eigenvalue weighted by Gasteiger charge is 2.13. The Balaban J connectivity index is 2.14. The van der Waals surface area contributed by atoms with Gasteiger partial charge in [-0.25, -0.2) is 0 Å². The Morgan fingerprint density at radius 2 is 1.95 bits per heavy atom. The van der Waals surface area contributed by atoms with Crippen LogP contribution in [0.25, 0.3) is 0 Å². The standard InChI is InChI=1S/C16H18N2O2/c1-18(11-13-6-3-4-9-15(13)17)16(19)12-7-5-8-14(10-12)20-2/h3-10H,11,17H2,1-2H3. The summed E-state index contributed by atoms with van der Waals surface area (Å²) in [5.41, 5.74) is 8.12. The van der Waals surface area contributed by atoms with Crippen molar-refractivity contribution in [3.8, 4) is 5.75 Å². The van der Waals surface area contributed by atoms with Gasteiger partial charge in [0.1, 0.15) is 5.75 Å². The van der Waals surface area contributed by atoms with Crippen molar-refractivity contribution < 1.29 is 9.53 Å². The van der Waals surface area contributed by atoms with E-state index >= 15 is 0 Å². The normalized spacial score (nSPS) is 10.1. The fourth-order valence-electron chi connectivity index (χ4n) is 1.98. The fraction of sp³-hybridized carbons (Fsp3) is 0.188. The summed E-state index contributed by atoms with van der Waals surface area (Å²) in [6.07, 6.45) is 0. The lowest BCUT2D eigenvalue weighted by atomic mass is 10.1. The van der Waals surface area contributed by atoms with E-state index in [0.717, 1.165) is 5.56 Å². The zero-order valence-corrected chi connectivity index (χ0v) is 11.7. The van der Waals surface area contributed by atoms with Crippen molar-refractivity contribution in [3.05, 3.63) is 59.7 Å². The van der Waals surface area contributed by atoms with Crippen LogP contribution in [-0.4, -0.2) is 25.0 Å². The number of carbonyl (C=O) groups excluding carboxylic acids is 1. The Labute approximate surface area is 118 Å². The molecule has 0 aliphatic heterocycles. The van der Waals surface area contributed by atoms with E-state index in [1.165, 1.54) is 0 Å². The van der Waals surface area contributed by atoms with E-state index in [9.17, 15) is 4.79 Å². The highest BCUT2D eigenvalue weighted by Crippen LogP contribution is 2.17. The summed E-state index contributed by atoms with van der Waals surface area (Å²) in [4.78, 5) is 14.0. The third kappa shape index (κ3) is 3.09. The Kier molecular flexibility index (Phi) is 4.25. The van der Waals surface area contributed by atoms with Crippen molar-refractivity contribution in [2.45, 2.75) is 6.54 Å². The van der Waals surface area contributed by atoms with Gasteiger partial charge in [0.05, 0.1) is 7.11 Å². The number of methoxy groups -OCH3 is 1. The van der Waals surface area contributed by atoms with Gasteiger partial charge in [0.25, 0.3) is 5.91 Å². The van der Waals surface area contributed by atoms with Crippen molar-refractivity contribution in [1.29, 1.82) is 0 Å². The Hall–Kier alpha value is -2.49. The first-order valence-corrected chi connectivity index (χ1v) is 6.34.